The largest absolute Gasteiger partial charge is 0.396 e. The van der Waals surface area contributed by atoms with Gasteiger partial charge in [-0.1, -0.05) is 0 Å². The molecule has 1 aromatic heterocycles. The molecule has 1 aliphatic carbocycles. The number of rotatable bonds is 2. The van der Waals surface area contributed by atoms with Crippen LogP contribution in [-0.2, 0) is 0 Å². The molecule has 0 amide bonds. The molecule has 17 heavy (non-hydrogen) atoms. The highest BCUT2D eigenvalue weighted by molar-refractivity contribution is 4.89. The third-order valence-corrected chi connectivity index (χ3v) is 3.41. The number of nitrogens with zero attached hydrogens (tertiary/aromatic N) is 1. The zero-order chi connectivity index (χ0) is 12.4. The smallest absolute Gasteiger partial charge is 0.328 e. The molecule has 0 saturated heterocycles. The van der Waals surface area contributed by atoms with Crippen molar-refractivity contribution in [3.8, 4) is 0 Å². The van der Waals surface area contributed by atoms with Crippen LogP contribution in [0.4, 0.5) is 0 Å². The second-order valence-electron chi connectivity index (χ2n) is 4.49. The fourth-order valence-corrected chi connectivity index (χ4v) is 2.37. The topological polar surface area (TPSA) is 95.3 Å². The summed E-state index contributed by atoms with van der Waals surface area (Å²) in [5.74, 6) is -0.107. The van der Waals surface area contributed by atoms with Crippen LogP contribution in [0.3, 0.4) is 0 Å². The fourth-order valence-electron chi connectivity index (χ4n) is 2.37. The van der Waals surface area contributed by atoms with Crippen molar-refractivity contribution >= 4 is 0 Å². The number of aliphatic hydroxyl groups is 2. The monoisotopic (exact) mass is 240 g/mol. The van der Waals surface area contributed by atoms with Gasteiger partial charge < -0.3 is 10.2 Å². The van der Waals surface area contributed by atoms with Gasteiger partial charge in [0.2, 0.25) is 0 Å². The van der Waals surface area contributed by atoms with E-state index < -0.39 is 17.4 Å². The van der Waals surface area contributed by atoms with Crippen LogP contribution < -0.4 is 11.2 Å². The van der Waals surface area contributed by atoms with Crippen molar-refractivity contribution in [1.82, 2.24) is 9.55 Å². The van der Waals surface area contributed by atoms with Crippen molar-refractivity contribution in [2.75, 3.05) is 6.61 Å². The number of aromatic nitrogens is 2. The summed E-state index contributed by atoms with van der Waals surface area (Å²) in [5, 5.41) is 18.8. The third kappa shape index (κ3) is 2.48. The first kappa shape index (κ1) is 12.1. The molecule has 0 spiro atoms. The maximum atomic E-state index is 11.6. The molecule has 1 heterocycles. The summed E-state index contributed by atoms with van der Waals surface area (Å²) in [6.07, 6.45) is 2.68. The highest BCUT2D eigenvalue weighted by Crippen LogP contribution is 2.31. The molecule has 0 unspecified atom stereocenters. The minimum atomic E-state index is -0.599. The Bertz CT molecular complexity index is 493. The Morgan fingerprint density at radius 2 is 2.18 bits per heavy atom. The van der Waals surface area contributed by atoms with Crippen LogP contribution in [0.15, 0.2) is 21.9 Å². The standard InChI is InChI=1S/C11H16N2O4/c14-6-7-1-2-8(5-9(7)15)13-4-3-10(16)12-11(13)17/h3-4,7-9,14-15H,1-2,5-6H2,(H,12,16,17)/t7-,8+,9-/m1/s1. The van der Waals surface area contributed by atoms with Gasteiger partial charge in [0.25, 0.3) is 5.56 Å². The summed E-state index contributed by atoms with van der Waals surface area (Å²) in [6, 6.07) is 1.18. The third-order valence-electron chi connectivity index (χ3n) is 3.41. The van der Waals surface area contributed by atoms with Crippen LogP contribution >= 0.6 is 0 Å². The number of aliphatic hydroxyl groups excluding tert-OH is 2. The van der Waals surface area contributed by atoms with Crippen molar-refractivity contribution < 1.29 is 10.2 Å². The summed E-state index contributed by atoms with van der Waals surface area (Å²) in [7, 11) is 0. The van der Waals surface area contributed by atoms with Crippen LogP contribution in [0.5, 0.6) is 0 Å². The first-order chi connectivity index (χ1) is 8.11. The van der Waals surface area contributed by atoms with Gasteiger partial charge in [-0.15, -0.1) is 0 Å². The lowest BCUT2D eigenvalue weighted by Gasteiger charge is -2.32. The lowest BCUT2D eigenvalue weighted by Crippen LogP contribution is -2.38. The number of hydrogen-bond acceptors (Lipinski definition) is 4. The van der Waals surface area contributed by atoms with Gasteiger partial charge in [-0.05, 0) is 19.3 Å². The van der Waals surface area contributed by atoms with Crippen LogP contribution in [0.1, 0.15) is 25.3 Å². The number of H-pyrrole nitrogens is 1. The molecular weight excluding hydrogens is 224 g/mol. The lowest BCUT2D eigenvalue weighted by atomic mass is 9.84. The van der Waals surface area contributed by atoms with E-state index in [-0.39, 0.29) is 18.6 Å². The molecule has 0 radical (unpaired) electrons. The van der Waals surface area contributed by atoms with Crippen molar-refractivity contribution in [3.63, 3.8) is 0 Å². The molecule has 3 N–H and O–H groups in total. The number of aromatic amines is 1. The Kier molecular flexibility index (Phi) is 3.44. The van der Waals surface area contributed by atoms with E-state index in [2.05, 4.69) is 4.98 Å². The van der Waals surface area contributed by atoms with E-state index >= 15 is 0 Å². The van der Waals surface area contributed by atoms with Crippen LogP contribution in [0.2, 0.25) is 0 Å². The summed E-state index contributed by atoms with van der Waals surface area (Å²) in [4.78, 5) is 24.7. The molecule has 1 aromatic rings. The summed E-state index contributed by atoms with van der Waals surface area (Å²) in [6.45, 7) is -0.0333. The van der Waals surface area contributed by atoms with Gasteiger partial charge >= 0.3 is 5.69 Å². The fraction of sp³-hybridized carbons (Fsp3) is 0.636. The van der Waals surface area contributed by atoms with E-state index in [4.69, 9.17) is 5.11 Å². The summed E-state index contributed by atoms with van der Waals surface area (Å²) >= 11 is 0. The molecule has 0 bridgehead atoms. The molecule has 6 nitrogen and oxygen atoms in total. The minimum Gasteiger partial charge on any atom is -0.396 e. The van der Waals surface area contributed by atoms with Crippen molar-refractivity contribution in [2.45, 2.75) is 31.4 Å². The van der Waals surface area contributed by atoms with Crippen LogP contribution in [0.25, 0.3) is 0 Å². The minimum absolute atomic E-state index is 0.0333. The molecular formula is C11H16N2O4. The Labute approximate surface area is 97.5 Å². The average Bonchev–Trinajstić information content (AvgIpc) is 2.29. The molecule has 3 atom stereocenters. The Morgan fingerprint density at radius 1 is 1.41 bits per heavy atom. The van der Waals surface area contributed by atoms with Crippen molar-refractivity contribution in [2.24, 2.45) is 5.92 Å². The molecule has 0 aliphatic heterocycles. The van der Waals surface area contributed by atoms with Gasteiger partial charge in [-0.3, -0.25) is 14.3 Å². The molecule has 6 heteroatoms. The van der Waals surface area contributed by atoms with Gasteiger partial charge in [0.05, 0.1) is 6.10 Å². The Balaban J connectivity index is 2.19. The van der Waals surface area contributed by atoms with E-state index in [1.165, 1.54) is 16.8 Å². The van der Waals surface area contributed by atoms with E-state index in [1.807, 2.05) is 0 Å². The molecule has 1 aliphatic rings. The second kappa shape index (κ2) is 4.85. The molecule has 94 valence electrons. The highest BCUT2D eigenvalue weighted by Gasteiger charge is 2.29. The van der Waals surface area contributed by atoms with E-state index in [1.54, 1.807) is 0 Å². The SMILES string of the molecule is O=c1ccn([C@H]2CC[C@H](CO)[C@H](O)C2)c(=O)[nH]1. The summed E-state index contributed by atoms with van der Waals surface area (Å²) < 4.78 is 1.44. The van der Waals surface area contributed by atoms with Crippen LogP contribution in [0, 0.1) is 5.92 Å². The number of hydrogen-bond donors (Lipinski definition) is 3. The Hall–Kier alpha value is -1.40. The van der Waals surface area contributed by atoms with Crippen LogP contribution in [-0.4, -0.2) is 32.5 Å². The maximum Gasteiger partial charge on any atom is 0.328 e. The Morgan fingerprint density at radius 3 is 2.76 bits per heavy atom. The van der Waals surface area contributed by atoms with Gasteiger partial charge in [-0.2, -0.15) is 0 Å². The van der Waals surface area contributed by atoms with Crippen molar-refractivity contribution in [3.05, 3.63) is 33.1 Å². The van der Waals surface area contributed by atoms with E-state index in [9.17, 15) is 14.7 Å². The van der Waals surface area contributed by atoms with E-state index in [0.29, 0.717) is 19.3 Å². The quantitative estimate of drug-likeness (QED) is 0.632. The van der Waals surface area contributed by atoms with Gasteiger partial charge in [0.15, 0.2) is 0 Å². The molecule has 2 rings (SSSR count). The van der Waals surface area contributed by atoms with Gasteiger partial charge in [0.1, 0.15) is 0 Å². The second-order valence-corrected chi connectivity index (χ2v) is 4.49. The van der Waals surface area contributed by atoms with Gasteiger partial charge in [0, 0.05) is 30.8 Å². The van der Waals surface area contributed by atoms with Crippen molar-refractivity contribution in [1.29, 1.82) is 0 Å². The molecule has 0 aromatic carbocycles. The van der Waals surface area contributed by atoms with E-state index in [0.717, 1.165) is 0 Å². The first-order valence-corrected chi connectivity index (χ1v) is 5.72. The maximum absolute atomic E-state index is 11.6. The predicted molar refractivity (Wildman–Crippen MR) is 60.8 cm³/mol. The molecule has 1 fully saturated rings. The normalized spacial score (nSPS) is 29.2. The number of nitrogens with one attached hydrogen (secondary N) is 1. The molecule has 1 saturated carbocycles. The zero-order valence-corrected chi connectivity index (χ0v) is 9.37. The average molecular weight is 240 g/mol. The summed E-state index contributed by atoms with van der Waals surface area (Å²) in [5.41, 5.74) is -0.868. The zero-order valence-electron chi connectivity index (χ0n) is 9.37. The van der Waals surface area contributed by atoms with Gasteiger partial charge in [-0.25, -0.2) is 4.79 Å². The first-order valence-electron chi connectivity index (χ1n) is 5.72. The lowest BCUT2D eigenvalue weighted by molar-refractivity contribution is 0.0175. The highest BCUT2D eigenvalue weighted by atomic mass is 16.3. The predicted octanol–water partition coefficient (Wildman–Crippen LogP) is -0.769.